The van der Waals surface area contributed by atoms with Crippen LogP contribution in [0.4, 0.5) is 0 Å². The van der Waals surface area contributed by atoms with Crippen molar-refractivity contribution in [3.63, 3.8) is 0 Å². The number of hydrogen-bond donors (Lipinski definition) is 1. The van der Waals surface area contributed by atoms with Gasteiger partial charge in [0.15, 0.2) is 0 Å². The van der Waals surface area contributed by atoms with Gasteiger partial charge in [0.05, 0.1) is 42.2 Å². The molecule has 4 rings (SSSR count). The Bertz CT molecular complexity index is 1290. The van der Waals surface area contributed by atoms with Crippen LogP contribution in [0.15, 0.2) is 72.3 Å². The summed E-state index contributed by atoms with van der Waals surface area (Å²) >= 11 is 0. The maximum absolute atomic E-state index is 12.9. The molecule has 29 heavy (non-hydrogen) atoms. The molecule has 2 heterocycles. The molecule has 0 saturated carbocycles. The van der Waals surface area contributed by atoms with Gasteiger partial charge < -0.3 is 9.67 Å². The third kappa shape index (κ3) is 4.06. The number of benzene rings is 2. The fourth-order valence-electron chi connectivity index (χ4n) is 2.91. The van der Waals surface area contributed by atoms with Crippen LogP contribution < -0.4 is 5.56 Å². The first-order chi connectivity index (χ1) is 14.1. The monoisotopic (exact) mass is 384 g/mol. The molecule has 0 saturated heterocycles. The Morgan fingerprint density at radius 2 is 1.93 bits per heavy atom. The Balaban J connectivity index is 1.61. The molecule has 1 N–H and O–H groups in total. The molecule has 7 heteroatoms. The predicted octanol–water partition coefficient (Wildman–Crippen LogP) is 2.39. The van der Waals surface area contributed by atoms with E-state index in [-0.39, 0.29) is 11.1 Å². The highest BCUT2D eigenvalue weighted by atomic mass is 16.4. The number of aromatic nitrogens is 4. The number of carbonyl (C=O) groups is 1. The summed E-state index contributed by atoms with van der Waals surface area (Å²) in [6, 6.07) is 11.8. The summed E-state index contributed by atoms with van der Waals surface area (Å²) in [6.45, 7) is 0.819. The van der Waals surface area contributed by atoms with Crippen molar-refractivity contribution in [3.05, 3.63) is 94.6 Å². The van der Waals surface area contributed by atoms with E-state index in [0.29, 0.717) is 24.0 Å². The minimum absolute atomic E-state index is 0.171. The zero-order valence-electron chi connectivity index (χ0n) is 15.3. The summed E-state index contributed by atoms with van der Waals surface area (Å²) in [5.41, 5.74) is 2.19. The minimum atomic E-state index is -0.984. The number of fused-ring (bicyclic) bond motifs is 1. The topological polar surface area (TPSA) is 90.0 Å². The van der Waals surface area contributed by atoms with Crippen molar-refractivity contribution in [2.75, 3.05) is 0 Å². The fraction of sp³-hybridized carbons (Fsp3) is 0.0909. The summed E-state index contributed by atoms with van der Waals surface area (Å²) in [6.07, 6.45) is 6.72. The number of carboxylic acids is 1. The second kappa shape index (κ2) is 7.82. The van der Waals surface area contributed by atoms with Crippen LogP contribution in [0.2, 0.25) is 0 Å². The van der Waals surface area contributed by atoms with Crippen LogP contribution >= 0.6 is 0 Å². The third-order valence-corrected chi connectivity index (χ3v) is 4.43. The summed E-state index contributed by atoms with van der Waals surface area (Å²) < 4.78 is 3.36. The molecule has 0 radical (unpaired) electrons. The van der Waals surface area contributed by atoms with Gasteiger partial charge in [-0.15, -0.1) is 0 Å². The smallest absolute Gasteiger partial charge is 0.335 e. The average molecular weight is 384 g/mol. The lowest BCUT2D eigenvalue weighted by atomic mass is 10.1. The molecular weight excluding hydrogens is 368 g/mol. The second-order valence-electron chi connectivity index (χ2n) is 6.45. The quantitative estimate of drug-likeness (QED) is 0.546. The zero-order valence-corrected chi connectivity index (χ0v) is 15.3. The van der Waals surface area contributed by atoms with E-state index < -0.39 is 5.97 Å². The highest BCUT2D eigenvalue weighted by Crippen LogP contribution is 2.11. The molecule has 142 valence electrons. The van der Waals surface area contributed by atoms with Gasteiger partial charge in [0, 0.05) is 18.0 Å². The highest BCUT2D eigenvalue weighted by Gasteiger charge is 2.07. The molecule has 2 aromatic heterocycles. The van der Waals surface area contributed by atoms with E-state index in [1.165, 1.54) is 23.0 Å². The Kier molecular flexibility index (Phi) is 4.91. The molecule has 7 nitrogen and oxygen atoms in total. The molecular formula is C22H16N4O3. The zero-order chi connectivity index (χ0) is 20.2. The van der Waals surface area contributed by atoms with Crippen molar-refractivity contribution in [1.29, 1.82) is 0 Å². The van der Waals surface area contributed by atoms with Crippen LogP contribution in [-0.4, -0.2) is 30.2 Å². The van der Waals surface area contributed by atoms with Crippen molar-refractivity contribution < 1.29 is 9.90 Å². The lowest BCUT2D eigenvalue weighted by molar-refractivity contribution is 0.0697. The van der Waals surface area contributed by atoms with Crippen molar-refractivity contribution in [3.8, 4) is 11.8 Å². The maximum atomic E-state index is 12.9. The SMILES string of the molecule is O=C(O)c1ccc(Cn2cnc3ccc(C#CCn4ccnc4)cc3c2=O)cc1. The summed E-state index contributed by atoms with van der Waals surface area (Å²) in [7, 11) is 0. The minimum Gasteiger partial charge on any atom is -0.478 e. The Labute approximate surface area is 165 Å². The molecule has 0 aliphatic heterocycles. The van der Waals surface area contributed by atoms with Gasteiger partial charge in [-0.3, -0.25) is 9.36 Å². The fourth-order valence-corrected chi connectivity index (χ4v) is 2.91. The number of imidazole rings is 1. The summed E-state index contributed by atoms with van der Waals surface area (Å²) in [4.78, 5) is 32.2. The standard InChI is InChI=1S/C22H16N4O3/c27-21-19-12-16(2-1-10-25-11-9-23-14-25)5-8-20(19)24-15-26(21)13-17-3-6-18(7-4-17)22(28)29/h3-9,11-12,14-15H,10,13H2,(H,28,29). The lowest BCUT2D eigenvalue weighted by Crippen LogP contribution is -2.21. The molecule has 0 unspecified atom stereocenters. The normalized spacial score (nSPS) is 10.5. The van der Waals surface area contributed by atoms with Gasteiger partial charge in [0.1, 0.15) is 0 Å². The largest absolute Gasteiger partial charge is 0.478 e. The van der Waals surface area contributed by atoms with E-state index in [2.05, 4.69) is 21.8 Å². The molecule has 4 aromatic rings. The molecule has 2 aromatic carbocycles. The van der Waals surface area contributed by atoms with Gasteiger partial charge in [-0.2, -0.15) is 0 Å². The summed E-state index contributed by atoms with van der Waals surface area (Å²) in [5, 5.41) is 9.48. The van der Waals surface area contributed by atoms with Crippen LogP contribution in [-0.2, 0) is 13.1 Å². The Morgan fingerprint density at radius 3 is 2.66 bits per heavy atom. The van der Waals surface area contributed by atoms with Crippen molar-refractivity contribution >= 4 is 16.9 Å². The molecule has 0 bridgehead atoms. The Morgan fingerprint density at radius 1 is 1.10 bits per heavy atom. The van der Waals surface area contributed by atoms with Gasteiger partial charge in [0.2, 0.25) is 0 Å². The van der Waals surface area contributed by atoms with Crippen molar-refractivity contribution in [2.45, 2.75) is 13.1 Å². The average Bonchev–Trinajstić information content (AvgIpc) is 3.24. The number of hydrogen-bond acceptors (Lipinski definition) is 4. The molecule has 0 aliphatic carbocycles. The van der Waals surface area contributed by atoms with E-state index >= 15 is 0 Å². The van der Waals surface area contributed by atoms with E-state index in [1.54, 1.807) is 36.8 Å². The number of aromatic carboxylic acids is 1. The van der Waals surface area contributed by atoms with Crippen LogP contribution in [0.5, 0.6) is 0 Å². The van der Waals surface area contributed by atoms with Crippen LogP contribution in [0.25, 0.3) is 10.9 Å². The van der Waals surface area contributed by atoms with Gasteiger partial charge in [-0.25, -0.2) is 14.8 Å². The first kappa shape index (κ1) is 18.2. The Hall–Kier alpha value is -4.18. The molecule has 0 amide bonds. The van der Waals surface area contributed by atoms with E-state index in [0.717, 1.165) is 11.1 Å². The van der Waals surface area contributed by atoms with Crippen molar-refractivity contribution in [1.82, 2.24) is 19.1 Å². The second-order valence-corrected chi connectivity index (χ2v) is 6.45. The highest BCUT2D eigenvalue weighted by molar-refractivity contribution is 5.87. The van der Waals surface area contributed by atoms with E-state index in [4.69, 9.17) is 5.11 Å². The van der Waals surface area contributed by atoms with E-state index in [9.17, 15) is 9.59 Å². The van der Waals surface area contributed by atoms with Crippen molar-refractivity contribution in [2.24, 2.45) is 0 Å². The van der Waals surface area contributed by atoms with Crippen LogP contribution in [0, 0.1) is 11.8 Å². The lowest BCUT2D eigenvalue weighted by Gasteiger charge is -2.07. The number of rotatable bonds is 4. The maximum Gasteiger partial charge on any atom is 0.335 e. The number of carboxylic acid groups (broad SMARTS) is 1. The first-order valence-electron chi connectivity index (χ1n) is 8.86. The van der Waals surface area contributed by atoms with Gasteiger partial charge >= 0.3 is 5.97 Å². The first-order valence-corrected chi connectivity index (χ1v) is 8.86. The molecule has 0 atom stereocenters. The van der Waals surface area contributed by atoms with Crippen LogP contribution in [0.3, 0.4) is 0 Å². The molecule has 0 spiro atoms. The molecule has 0 aliphatic rings. The van der Waals surface area contributed by atoms with Gasteiger partial charge in [-0.05, 0) is 35.9 Å². The summed E-state index contributed by atoms with van der Waals surface area (Å²) in [5.74, 6) is 5.13. The van der Waals surface area contributed by atoms with Gasteiger partial charge in [-0.1, -0.05) is 24.0 Å². The predicted molar refractivity (Wildman–Crippen MR) is 108 cm³/mol. The van der Waals surface area contributed by atoms with Gasteiger partial charge in [0.25, 0.3) is 5.56 Å². The molecule has 0 fully saturated rings. The van der Waals surface area contributed by atoms with Crippen LogP contribution in [0.1, 0.15) is 21.5 Å². The van der Waals surface area contributed by atoms with E-state index in [1.807, 2.05) is 16.8 Å². The third-order valence-electron chi connectivity index (χ3n) is 4.43. The number of nitrogens with zero attached hydrogens (tertiary/aromatic N) is 4.